The van der Waals surface area contributed by atoms with Crippen molar-refractivity contribution in [2.75, 3.05) is 43.6 Å². The predicted molar refractivity (Wildman–Crippen MR) is 130 cm³/mol. The normalized spacial score (nSPS) is 16.1. The summed E-state index contributed by atoms with van der Waals surface area (Å²) < 4.78 is 38.1. The van der Waals surface area contributed by atoms with E-state index < -0.39 is 15.9 Å². The summed E-state index contributed by atoms with van der Waals surface area (Å²) >= 11 is 0. The lowest BCUT2D eigenvalue weighted by atomic mass is 10.1. The number of hydrogen-bond donors (Lipinski definition) is 1. The zero-order valence-electron chi connectivity index (χ0n) is 19.9. The Hall–Kier alpha value is -3.11. The van der Waals surface area contributed by atoms with Gasteiger partial charge in [0.2, 0.25) is 21.8 Å². The Labute approximate surface area is 200 Å². The standard InChI is InChI=1S/C24H31N3O6S/c1-5-26(6-2)34(30,31)18-12-13-21(32-4)19(15-18)25-24(29)17-14-23(28)27(16-17)20-10-8-9-11-22(20)33-7-3/h8-13,15,17H,5-7,14,16H2,1-4H3,(H,25,29)/t17-/m0/s1. The maximum absolute atomic E-state index is 13.1. The number of benzene rings is 2. The molecule has 3 rings (SSSR count). The topological polar surface area (TPSA) is 105 Å². The lowest BCUT2D eigenvalue weighted by Gasteiger charge is -2.21. The molecule has 2 aromatic rings. The molecule has 1 heterocycles. The van der Waals surface area contributed by atoms with Gasteiger partial charge in [-0.3, -0.25) is 9.59 Å². The highest BCUT2D eigenvalue weighted by molar-refractivity contribution is 7.89. The van der Waals surface area contributed by atoms with Gasteiger partial charge in [-0.05, 0) is 37.3 Å². The first-order valence-electron chi connectivity index (χ1n) is 11.3. The molecule has 0 spiro atoms. The molecule has 0 bridgehead atoms. The van der Waals surface area contributed by atoms with Crippen LogP contribution in [0.1, 0.15) is 27.2 Å². The van der Waals surface area contributed by atoms with Crippen molar-refractivity contribution in [3.63, 3.8) is 0 Å². The molecule has 1 aliphatic heterocycles. The Morgan fingerprint density at radius 3 is 2.47 bits per heavy atom. The van der Waals surface area contributed by atoms with Crippen LogP contribution in [0.3, 0.4) is 0 Å². The lowest BCUT2D eigenvalue weighted by Crippen LogP contribution is -2.31. The van der Waals surface area contributed by atoms with Crippen LogP contribution < -0.4 is 19.7 Å². The number of carbonyl (C=O) groups excluding carboxylic acids is 2. The first kappa shape index (κ1) is 25.5. The van der Waals surface area contributed by atoms with E-state index in [0.29, 0.717) is 36.9 Å². The van der Waals surface area contributed by atoms with Crippen LogP contribution in [0.5, 0.6) is 11.5 Å². The molecular formula is C24H31N3O6S. The molecule has 0 aromatic heterocycles. The highest BCUT2D eigenvalue weighted by Crippen LogP contribution is 2.34. The smallest absolute Gasteiger partial charge is 0.243 e. The van der Waals surface area contributed by atoms with Crippen LogP contribution in [0, 0.1) is 5.92 Å². The number of methoxy groups -OCH3 is 1. The van der Waals surface area contributed by atoms with Gasteiger partial charge in [-0.25, -0.2) is 8.42 Å². The van der Waals surface area contributed by atoms with Crippen molar-refractivity contribution in [2.24, 2.45) is 5.92 Å². The molecule has 1 N–H and O–H groups in total. The van der Waals surface area contributed by atoms with Crippen molar-refractivity contribution in [1.82, 2.24) is 4.31 Å². The number of hydrogen-bond acceptors (Lipinski definition) is 6. The van der Waals surface area contributed by atoms with Crippen LogP contribution in [-0.4, -0.2) is 57.9 Å². The van der Waals surface area contributed by atoms with Gasteiger partial charge in [0, 0.05) is 26.1 Å². The Balaban J connectivity index is 1.83. The molecule has 0 radical (unpaired) electrons. The van der Waals surface area contributed by atoms with Crippen molar-refractivity contribution < 1.29 is 27.5 Å². The van der Waals surface area contributed by atoms with Gasteiger partial charge in [-0.2, -0.15) is 4.31 Å². The van der Waals surface area contributed by atoms with Crippen molar-refractivity contribution in [3.8, 4) is 11.5 Å². The van der Waals surface area contributed by atoms with Gasteiger partial charge < -0.3 is 19.7 Å². The van der Waals surface area contributed by atoms with Crippen molar-refractivity contribution >= 4 is 33.2 Å². The van der Waals surface area contributed by atoms with E-state index in [4.69, 9.17) is 9.47 Å². The summed E-state index contributed by atoms with van der Waals surface area (Å²) in [6.45, 7) is 6.69. The van der Waals surface area contributed by atoms with Crippen LogP contribution in [-0.2, 0) is 19.6 Å². The van der Waals surface area contributed by atoms with Crippen LogP contribution in [0.2, 0.25) is 0 Å². The number of rotatable bonds is 10. The fourth-order valence-electron chi connectivity index (χ4n) is 3.97. The van der Waals surface area contributed by atoms with Crippen LogP contribution >= 0.6 is 0 Å². The number of nitrogens with zero attached hydrogens (tertiary/aromatic N) is 2. The number of amides is 2. The van der Waals surface area contributed by atoms with Gasteiger partial charge in [-0.1, -0.05) is 26.0 Å². The number of carbonyl (C=O) groups is 2. The second-order valence-corrected chi connectivity index (χ2v) is 9.68. The third-order valence-electron chi connectivity index (χ3n) is 5.72. The van der Waals surface area contributed by atoms with E-state index in [0.717, 1.165) is 0 Å². The van der Waals surface area contributed by atoms with E-state index in [1.165, 1.54) is 29.6 Å². The van der Waals surface area contributed by atoms with E-state index in [-0.39, 0.29) is 35.4 Å². The molecule has 2 amide bonds. The quantitative estimate of drug-likeness (QED) is 0.550. The maximum Gasteiger partial charge on any atom is 0.243 e. The Morgan fingerprint density at radius 2 is 1.82 bits per heavy atom. The van der Waals surface area contributed by atoms with Gasteiger partial charge in [0.25, 0.3) is 0 Å². The lowest BCUT2D eigenvalue weighted by molar-refractivity contribution is -0.122. The summed E-state index contributed by atoms with van der Waals surface area (Å²) in [5.41, 5.74) is 0.857. The van der Waals surface area contributed by atoms with E-state index in [9.17, 15) is 18.0 Å². The molecule has 0 aliphatic carbocycles. The van der Waals surface area contributed by atoms with E-state index in [1.54, 1.807) is 30.9 Å². The first-order valence-corrected chi connectivity index (χ1v) is 12.7. The molecule has 1 atom stereocenters. The van der Waals surface area contributed by atoms with E-state index in [2.05, 4.69) is 5.32 Å². The zero-order chi connectivity index (χ0) is 24.9. The third kappa shape index (κ3) is 5.18. The van der Waals surface area contributed by atoms with E-state index >= 15 is 0 Å². The minimum atomic E-state index is -3.72. The van der Waals surface area contributed by atoms with E-state index in [1.807, 2.05) is 19.1 Å². The largest absolute Gasteiger partial charge is 0.495 e. The fraction of sp³-hybridized carbons (Fsp3) is 0.417. The average Bonchev–Trinajstić information content (AvgIpc) is 3.21. The van der Waals surface area contributed by atoms with Gasteiger partial charge in [-0.15, -0.1) is 0 Å². The monoisotopic (exact) mass is 489 g/mol. The van der Waals surface area contributed by atoms with Crippen LogP contribution in [0.25, 0.3) is 0 Å². The highest BCUT2D eigenvalue weighted by Gasteiger charge is 2.36. The molecule has 1 saturated heterocycles. The second-order valence-electron chi connectivity index (χ2n) is 7.75. The number of para-hydroxylation sites is 2. The Morgan fingerprint density at radius 1 is 1.12 bits per heavy atom. The molecule has 34 heavy (non-hydrogen) atoms. The summed E-state index contributed by atoms with van der Waals surface area (Å²) in [6.07, 6.45) is 0.0338. The average molecular weight is 490 g/mol. The zero-order valence-corrected chi connectivity index (χ0v) is 20.7. The first-order chi connectivity index (χ1) is 16.3. The van der Waals surface area contributed by atoms with Crippen LogP contribution in [0.4, 0.5) is 11.4 Å². The molecule has 1 fully saturated rings. The summed E-state index contributed by atoms with van der Waals surface area (Å²) in [5, 5.41) is 2.77. The molecule has 2 aromatic carbocycles. The molecule has 184 valence electrons. The summed E-state index contributed by atoms with van der Waals surface area (Å²) in [5.74, 6) is -0.280. The fourth-order valence-corrected chi connectivity index (χ4v) is 5.45. The van der Waals surface area contributed by atoms with Crippen molar-refractivity contribution in [2.45, 2.75) is 32.1 Å². The number of anilines is 2. The number of sulfonamides is 1. The maximum atomic E-state index is 13.1. The minimum Gasteiger partial charge on any atom is -0.495 e. The van der Waals surface area contributed by atoms with Crippen molar-refractivity contribution in [3.05, 3.63) is 42.5 Å². The minimum absolute atomic E-state index is 0.0338. The molecule has 1 aliphatic rings. The highest BCUT2D eigenvalue weighted by atomic mass is 32.2. The molecule has 9 nitrogen and oxygen atoms in total. The molecule has 0 saturated carbocycles. The molecular weight excluding hydrogens is 458 g/mol. The van der Waals surface area contributed by atoms with Crippen LogP contribution in [0.15, 0.2) is 47.4 Å². The predicted octanol–water partition coefficient (Wildman–Crippen LogP) is 3.12. The second kappa shape index (κ2) is 10.9. The molecule has 0 unspecified atom stereocenters. The number of nitrogens with one attached hydrogen (secondary N) is 1. The van der Waals surface area contributed by atoms with Gasteiger partial charge in [0.15, 0.2) is 0 Å². The van der Waals surface area contributed by atoms with Gasteiger partial charge in [0.1, 0.15) is 11.5 Å². The SMILES string of the molecule is CCOc1ccccc1N1C[C@@H](C(=O)Nc2cc(S(=O)(=O)N(CC)CC)ccc2OC)CC1=O. The Bertz CT molecular complexity index is 1150. The van der Waals surface area contributed by atoms with Gasteiger partial charge >= 0.3 is 0 Å². The Kier molecular flexibility index (Phi) is 8.16. The number of ether oxygens (including phenoxy) is 2. The summed E-state index contributed by atoms with van der Waals surface area (Å²) in [4.78, 5) is 27.4. The summed E-state index contributed by atoms with van der Waals surface area (Å²) in [6, 6.07) is 11.6. The van der Waals surface area contributed by atoms with Gasteiger partial charge in [0.05, 0.1) is 35.9 Å². The summed E-state index contributed by atoms with van der Waals surface area (Å²) in [7, 11) is -2.28. The molecule has 10 heteroatoms. The van der Waals surface area contributed by atoms with Crippen molar-refractivity contribution in [1.29, 1.82) is 0 Å². The third-order valence-corrected chi connectivity index (χ3v) is 7.77.